The molecular weight excluding hydrogens is 272 g/mol. The number of hydrogen-bond donors (Lipinski definition) is 0. The lowest BCUT2D eigenvalue weighted by Crippen LogP contribution is -2.10. The van der Waals surface area contributed by atoms with Crippen LogP contribution in [0.2, 0.25) is 0 Å². The molecule has 0 radical (unpaired) electrons. The molecule has 102 valence electrons. The summed E-state index contributed by atoms with van der Waals surface area (Å²) >= 11 is 0. The molecule has 0 unspecified atom stereocenters. The van der Waals surface area contributed by atoms with Crippen LogP contribution in [-0.4, -0.2) is 18.0 Å². The largest absolute Gasteiger partial charge is 0.333 e. The number of imidazole rings is 1. The van der Waals surface area contributed by atoms with Crippen molar-refractivity contribution in [3.8, 4) is 0 Å². The second kappa shape index (κ2) is 5.21. The SMILES string of the molecule is CC(C)c1nc(S(=O)(=O)Cl)cn1CC1CCCC1. The molecule has 1 aliphatic rings. The van der Waals surface area contributed by atoms with Crippen molar-refractivity contribution in [2.24, 2.45) is 5.92 Å². The van der Waals surface area contributed by atoms with E-state index in [1.807, 2.05) is 18.4 Å². The van der Waals surface area contributed by atoms with Gasteiger partial charge in [-0.1, -0.05) is 26.7 Å². The Bertz CT molecular complexity index is 516. The maximum absolute atomic E-state index is 11.3. The molecule has 6 heteroatoms. The van der Waals surface area contributed by atoms with E-state index in [9.17, 15) is 8.42 Å². The lowest BCUT2D eigenvalue weighted by atomic mass is 10.1. The van der Waals surface area contributed by atoms with Crippen LogP contribution < -0.4 is 0 Å². The first-order valence-corrected chi connectivity index (χ1v) is 8.70. The third-order valence-corrected chi connectivity index (χ3v) is 4.65. The third kappa shape index (κ3) is 3.06. The van der Waals surface area contributed by atoms with Gasteiger partial charge in [0.05, 0.1) is 0 Å². The summed E-state index contributed by atoms with van der Waals surface area (Å²) in [5.41, 5.74) is 0. The normalized spacial score (nSPS) is 17.8. The molecule has 1 fully saturated rings. The molecule has 1 aliphatic carbocycles. The maximum Gasteiger partial charge on any atom is 0.280 e. The Kier molecular flexibility index (Phi) is 4.02. The van der Waals surface area contributed by atoms with Gasteiger partial charge in [-0.15, -0.1) is 0 Å². The molecule has 0 aromatic carbocycles. The topological polar surface area (TPSA) is 52.0 Å². The van der Waals surface area contributed by atoms with Crippen molar-refractivity contribution in [1.82, 2.24) is 9.55 Å². The van der Waals surface area contributed by atoms with Gasteiger partial charge in [0, 0.05) is 29.3 Å². The van der Waals surface area contributed by atoms with E-state index < -0.39 is 9.05 Å². The first kappa shape index (κ1) is 13.9. The van der Waals surface area contributed by atoms with E-state index in [0.717, 1.165) is 12.4 Å². The van der Waals surface area contributed by atoms with Crippen molar-refractivity contribution in [3.05, 3.63) is 12.0 Å². The van der Waals surface area contributed by atoms with E-state index in [1.165, 1.54) is 25.7 Å². The highest BCUT2D eigenvalue weighted by Gasteiger charge is 2.22. The lowest BCUT2D eigenvalue weighted by molar-refractivity contribution is 0.442. The Balaban J connectivity index is 2.29. The van der Waals surface area contributed by atoms with Crippen LogP contribution in [0.4, 0.5) is 0 Å². The Hall–Kier alpha value is -0.550. The minimum atomic E-state index is -3.73. The molecule has 1 aromatic heterocycles. The van der Waals surface area contributed by atoms with Crippen LogP contribution in [0.1, 0.15) is 51.3 Å². The molecule has 0 N–H and O–H groups in total. The Morgan fingerprint density at radius 3 is 2.56 bits per heavy atom. The molecule has 2 rings (SSSR count). The highest BCUT2D eigenvalue weighted by Crippen LogP contribution is 2.28. The van der Waals surface area contributed by atoms with E-state index in [1.54, 1.807) is 6.20 Å². The first-order chi connectivity index (χ1) is 8.38. The van der Waals surface area contributed by atoms with E-state index in [0.29, 0.717) is 5.92 Å². The third-order valence-electron chi connectivity index (χ3n) is 3.48. The van der Waals surface area contributed by atoms with Crippen LogP contribution in [0.15, 0.2) is 11.2 Å². The Morgan fingerprint density at radius 1 is 1.44 bits per heavy atom. The van der Waals surface area contributed by atoms with Crippen LogP contribution >= 0.6 is 10.7 Å². The smallest absolute Gasteiger partial charge is 0.280 e. The highest BCUT2D eigenvalue weighted by molar-refractivity contribution is 8.13. The molecule has 0 atom stereocenters. The summed E-state index contributed by atoms with van der Waals surface area (Å²) in [5, 5.41) is -0.0223. The predicted octanol–water partition coefficient (Wildman–Crippen LogP) is 3.12. The predicted molar refractivity (Wildman–Crippen MR) is 71.3 cm³/mol. The summed E-state index contributed by atoms with van der Waals surface area (Å²) in [6.45, 7) is 4.88. The van der Waals surface area contributed by atoms with Crippen molar-refractivity contribution in [1.29, 1.82) is 0 Å². The van der Waals surface area contributed by atoms with Gasteiger partial charge in [-0.05, 0) is 18.8 Å². The van der Waals surface area contributed by atoms with Crippen molar-refractivity contribution in [2.45, 2.75) is 57.0 Å². The lowest BCUT2D eigenvalue weighted by Gasteiger charge is -2.14. The zero-order valence-electron chi connectivity index (χ0n) is 10.8. The number of aromatic nitrogens is 2. The van der Waals surface area contributed by atoms with Crippen molar-refractivity contribution in [3.63, 3.8) is 0 Å². The maximum atomic E-state index is 11.3. The minimum absolute atomic E-state index is 0.0223. The fraction of sp³-hybridized carbons (Fsp3) is 0.750. The quantitative estimate of drug-likeness (QED) is 0.801. The van der Waals surface area contributed by atoms with Gasteiger partial charge in [0.25, 0.3) is 9.05 Å². The number of nitrogens with zero attached hydrogens (tertiary/aromatic N) is 2. The fourth-order valence-corrected chi connectivity index (χ4v) is 3.28. The molecule has 0 bridgehead atoms. The van der Waals surface area contributed by atoms with Crippen molar-refractivity contribution < 1.29 is 8.42 Å². The molecule has 0 aliphatic heterocycles. The van der Waals surface area contributed by atoms with Gasteiger partial charge in [0.2, 0.25) is 0 Å². The van der Waals surface area contributed by atoms with E-state index >= 15 is 0 Å². The molecule has 0 saturated heterocycles. The highest BCUT2D eigenvalue weighted by atomic mass is 35.7. The van der Waals surface area contributed by atoms with Crippen LogP contribution in [-0.2, 0) is 15.6 Å². The van der Waals surface area contributed by atoms with Gasteiger partial charge in [0.15, 0.2) is 5.03 Å². The fourth-order valence-electron chi connectivity index (χ4n) is 2.60. The van der Waals surface area contributed by atoms with Crippen LogP contribution in [0.25, 0.3) is 0 Å². The Morgan fingerprint density at radius 2 is 2.06 bits per heavy atom. The number of rotatable bonds is 4. The van der Waals surface area contributed by atoms with Crippen LogP contribution in [0, 0.1) is 5.92 Å². The molecular formula is C12H19ClN2O2S. The van der Waals surface area contributed by atoms with Gasteiger partial charge < -0.3 is 4.57 Å². The summed E-state index contributed by atoms with van der Waals surface area (Å²) in [6.07, 6.45) is 6.57. The van der Waals surface area contributed by atoms with Crippen molar-refractivity contribution in [2.75, 3.05) is 0 Å². The van der Waals surface area contributed by atoms with Gasteiger partial charge in [-0.25, -0.2) is 13.4 Å². The van der Waals surface area contributed by atoms with Gasteiger partial charge >= 0.3 is 0 Å². The standard InChI is InChI=1S/C12H19ClN2O2S/c1-9(2)12-14-11(18(13,16)17)8-15(12)7-10-5-3-4-6-10/h8-10H,3-7H2,1-2H3. The zero-order chi connectivity index (χ0) is 13.3. The second-order valence-corrected chi connectivity index (χ2v) is 7.85. The summed E-state index contributed by atoms with van der Waals surface area (Å²) in [7, 11) is 1.63. The van der Waals surface area contributed by atoms with Gasteiger partial charge in [-0.3, -0.25) is 0 Å². The molecule has 18 heavy (non-hydrogen) atoms. The van der Waals surface area contributed by atoms with Crippen LogP contribution in [0.3, 0.4) is 0 Å². The van der Waals surface area contributed by atoms with E-state index in [4.69, 9.17) is 10.7 Å². The summed E-state index contributed by atoms with van der Waals surface area (Å²) in [5.74, 6) is 1.64. The summed E-state index contributed by atoms with van der Waals surface area (Å²) in [4.78, 5) is 4.17. The second-order valence-electron chi connectivity index (χ2n) is 5.33. The number of hydrogen-bond acceptors (Lipinski definition) is 3. The molecule has 0 spiro atoms. The van der Waals surface area contributed by atoms with Gasteiger partial charge in [0.1, 0.15) is 5.82 Å². The molecule has 1 saturated carbocycles. The van der Waals surface area contributed by atoms with E-state index in [-0.39, 0.29) is 10.9 Å². The first-order valence-electron chi connectivity index (χ1n) is 6.39. The van der Waals surface area contributed by atoms with Gasteiger partial charge in [-0.2, -0.15) is 0 Å². The Labute approximate surface area is 113 Å². The molecule has 0 amide bonds. The minimum Gasteiger partial charge on any atom is -0.333 e. The van der Waals surface area contributed by atoms with E-state index in [2.05, 4.69) is 4.98 Å². The molecule has 1 aromatic rings. The zero-order valence-corrected chi connectivity index (χ0v) is 12.3. The molecule has 1 heterocycles. The summed E-state index contributed by atoms with van der Waals surface area (Å²) < 4.78 is 24.7. The van der Waals surface area contributed by atoms with Crippen LogP contribution in [0.5, 0.6) is 0 Å². The van der Waals surface area contributed by atoms with Crippen molar-refractivity contribution >= 4 is 19.7 Å². The summed E-state index contributed by atoms with van der Waals surface area (Å²) in [6, 6.07) is 0. The average Bonchev–Trinajstić information content (AvgIpc) is 2.85. The molecule has 4 nitrogen and oxygen atoms in total. The average molecular weight is 291 g/mol. The monoisotopic (exact) mass is 290 g/mol. The number of halogens is 1.